The van der Waals surface area contributed by atoms with Gasteiger partial charge in [-0.15, -0.1) is 0 Å². The summed E-state index contributed by atoms with van der Waals surface area (Å²) in [5.41, 5.74) is 0. The second kappa shape index (κ2) is 26.6. The minimum atomic E-state index is -0.219. The van der Waals surface area contributed by atoms with Crippen molar-refractivity contribution < 1.29 is 33.3 Å². The maximum Gasteiger partial charge on any atom is 0.308 e. The van der Waals surface area contributed by atoms with Crippen LogP contribution in [0.25, 0.3) is 0 Å². The first-order valence-corrected chi connectivity index (χ1v) is 15.7. The van der Waals surface area contributed by atoms with Crippen molar-refractivity contribution in [1.29, 1.82) is 0 Å². The fourth-order valence-corrected chi connectivity index (χ4v) is 5.08. The van der Waals surface area contributed by atoms with Crippen LogP contribution in [0.3, 0.4) is 0 Å². The number of carbonyl (C=O) groups excluding carboxylic acids is 3. The van der Waals surface area contributed by atoms with Gasteiger partial charge in [0.15, 0.2) is 0 Å². The molecule has 39 heavy (non-hydrogen) atoms. The summed E-state index contributed by atoms with van der Waals surface area (Å²) in [6.45, 7) is 4.88. The van der Waals surface area contributed by atoms with Gasteiger partial charge in [-0.3, -0.25) is 14.4 Å². The summed E-state index contributed by atoms with van der Waals surface area (Å²) in [6.07, 6.45) is 23.6. The molecule has 0 rings (SSSR count). The Labute approximate surface area is 239 Å². The lowest BCUT2D eigenvalue weighted by Crippen LogP contribution is -2.17. The summed E-state index contributed by atoms with van der Waals surface area (Å²) in [5.74, 6) is -0.597. The van der Waals surface area contributed by atoms with Crippen molar-refractivity contribution in [3.63, 3.8) is 0 Å². The molecule has 0 bridgehead atoms. The Morgan fingerprint density at radius 1 is 0.513 bits per heavy atom. The molecule has 0 radical (unpaired) electrons. The van der Waals surface area contributed by atoms with Crippen molar-refractivity contribution in [3.05, 3.63) is 0 Å². The third-order valence-corrected chi connectivity index (χ3v) is 7.34. The van der Waals surface area contributed by atoms with Gasteiger partial charge >= 0.3 is 17.9 Å². The second-order valence-corrected chi connectivity index (χ2v) is 11.1. The van der Waals surface area contributed by atoms with Crippen LogP contribution in [0, 0.1) is 0 Å². The molecule has 3 unspecified atom stereocenters. The Bertz CT molecular complexity index is 607. The first-order chi connectivity index (χ1) is 18.8. The Balaban J connectivity index is 3.61. The average Bonchev–Trinajstić information content (AvgIpc) is 2.88. The van der Waals surface area contributed by atoms with E-state index in [0.717, 1.165) is 57.8 Å². The highest BCUT2D eigenvalue weighted by atomic mass is 16.5. The van der Waals surface area contributed by atoms with Gasteiger partial charge in [-0.1, -0.05) is 83.5 Å². The number of ether oxygens (including phenoxy) is 4. The van der Waals surface area contributed by atoms with E-state index in [1.807, 2.05) is 6.92 Å². The molecular weight excluding hydrogens is 496 g/mol. The monoisotopic (exact) mass is 556 g/mol. The summed E-state index contributed by atoms with van der Waals surface area (Å²) in [6, 6.07) is 0. The molecular formula is C32H60O7. The minimum Gasteiger partial charge on any atom is -0.469 e. The standard InChI is InChI=1S/C32H60O7/c1-27(38-28(2)33)22-18-17-21-24-30(39-29(3)34)23-19-15-13-11-9-7-6-8-10-12-14-16-20-25-31(36-4)26-32(35)37-5/h27,30-31H,6-26H2,1-5H3. The number of unbranched alkanes of at least 4 members (excludes halogenated alkanes) is 14. The number of hydrogen-bond acceptors (Lipinski definition) is 7. The van der Waals surface area contributed by atoms with E-state index < -0.39 is 0 Å². The molecule has 0 saturated carbocycles. The van der Waals surface area contributed by atoms with E-state index in [-0.39, 0.29) is 36.2 Å². The smallest absolute Gasteiger partial charge is 0.308 e. The second-order valence-electron chi connectivity index (χ2n) is 11.1. The molecule has 0 aliphatic rings. The molecule has 0 aromatic rings. The van der Waals surface area contributed by atoms with E-state index in [1.54, 1.807) is 7.11 Å². The zero-order valence-electron chi connectivity index (χ0n) is 25.9. The zero-order chi connectivity index (χ0) is 29.1. The summed E-state index contributed by atoms with van der Waals surface area (Å²) in [7, 11) is 3.09. The van der Waals surface area contributed by atoms with Crippen LogP contribution in [0.2, 0.25) is 0 Å². The topological polar surface area (TPSA) is 88.1 Å². The maximum absolute atomic E-state index is 11.5. The molecule has 230 valence electrons. The van der Waals surface area contributed by atoms with Gasteiger partial charge in [0.1, 0.15) is 6.10 Å². The maximum atomic E-state index is 11.5. The predicted molar refractivity (Wildman–Crippen MR) is 157 cm³/mol. The van der Waals surface area contributed by atoms with Crippen LogP contribution in [-0.2, 0) is 33.3 Å². The largest absolute Gasteiger partial charge is 0.469 e. The molecule has 0 heterocycles. The van der Waals surface area contributed by atoms with Crippen molar-refractivity contribution in [3.8, 4) is 0 Å². The molecule has 0 aromatic carbocycles. The molecule has 0 aromatic heterocycles. The summed E-state index contributed by atoms with van der Waals surface area (Å²) in [4.78, 5) is 33.8. The molecule has 7 heteroatoms. The van der Waals surface area contributed by atoms with Crippen LogP contribution in [0.5, 0.6) is 0 Å². The van der Waals surface area contributed by atoms with E-state index in [9.17, 15) is 14.4 Å². The van der Waals surface area contributed by atoms with Crippen LogP contribution in [0.15, 0.2) is 0 Å². The van der Waals surface area contributed by atoms with Crippen LogP contribution >= 0.6 is 0 Å². The molecule has 0 saturated heterocycles. The number of esters is 3. The summed E-state index contributed by atoms with van der Waals surface area (Å²) < 4.78 is 20.8. The number of rotatable bonds is 27. The van der Waals surface area contributed by atoms with Gasteiger partial charge in [0, 0.05) is 21.0 Å². The zero-order valence-corrected chi connectivity index (χ0v) is 25.9. The van der Waals surface area contributed by atoms with Gasteiger partial charge in [0.2, 0.25) is 0 Å². The third kappa shape index (κ3) is 26.4. The number of hydrogen-bond donors (Lipinski definition) is 0. The Kier molecular flexibility index (Phi) is 25.5. The Morgan fingerprint density at radius 3 is 1.26 bits per heavy atom. The number of carbonyl (C=O) groups is 3. The van der Waals surface area contributed by atoms with E-state index >= 15 is 0 Å². The molecule has 0 aliphatic carbocycles. The Hall–Kier alpha value is -1.63. The van der Waals surface area contributed by atoms with Crippen molar-refractivity contribution in [2.45, 2.75) is 174 Å². The molecule has 7 nitrogen and oxygen atoms in total. The molecule has 0 aliphatic heterocycles. The van der Waals surface area contributed by atoms with E-state index in [2.05, 4.69) is 0 Å². The van der Waals surface area contributed by atoms with Crippen LogP contribution in [0.4, 0.5) is 0 Å². The highest BCUT2D eigenvalue weighted by Crippen LogP contribution is 2.18. The van der Waals surface area contributed by atoms with Gasteiger partial charge < -0.3 is 18.9 Å². The quantitative estimate of drug-likeness (QED) is 0.0571. The summed E-state index contributed by atoms with van der Waals surface area (Å²) in [5, 5.41) is 0. The van der Waals surface area contributed by atoms with Crippen LogP contribution < -0.4 is 0 Å². The fourth-order valence-electron chi connectivity index (χ4n) is 5.08. The van der Waals surface area contributed by atoms with E-state index in [4.69, 9.17) is 18.9 Å². The van der Waals surface area contributed by atoms with Crippen molar-refractivity contribution in [2.75, 3.05) is 14.2 Å². The van der Waals surface area contributed by atoms with Crippen LogP contribution in [-0.4, -0.2) is 50.4 Å². The van der Waals surface area contributed by atoms with E-state index in [0.29, 0.717) is 6.42 Å². The van der Waals surface area contributed by atoms with Crippen molar-refractivity contribution in [2.24, 2.45) is 0 Å². The van der Waals surface area contributed by atoms with Crippen LogP contribution in [0.1, 0.15) is 156 Å². The normalized spacial score (nSPS) is 13.5. The van der Waals surface area contributed by atoms with E-state index in [1.165, 1.54) is 91.6 Å². The first kappa shape index (κ1) is 37.4. The lowest BCUT2D eigenvalue weighted by atomic mass is 10.0. The van der Waals surface area contributed by atoms with Gasteiger partial charge in [-0.25, -0.2) is 0 Å². The average molecular weight is 557 g/mol. The molecule has 0 amide bonds. The third-order valence-electron chi connectivity index (χ3n) is 7.34. The van der Waals surface area contributed by atoms with Gasteiger partial charge in [-0.05, 0) is 51.9 Å². The fraction of sp³-hybridized carbons (Fsp3) is 0.906. The lowest BCUT2D eigenvalue weighted by Gasteiger charge is -2.17. The molecule has 0 N–H and O–H groups in total. The first-order valence-electron chi connectivity index (χ1n) is 15.7. The van der Waals surface area contributed by atoms with Gasteiger partial charge in [0.05, 0.1) is 25.7 Å². The SMILES string of the molecule is COC(=O)CC(CCCCCCCCCCCCCCCC(CCCCCC(C)OC(C)=O)OC(C)=O)OC. The Morgan fingerprint density at radius 2 is 0.872 bits per heavy atom. The minimum absolute atomic E-state index is 0.0151. The van der Waals surface area contributed by atoms with Crippen molar-refractivity contribution >= 4 is 17.9 Å². The summed E-state index contributed by atoms with van der Waals surface area (Å²) >= 11 is 0. The van der Waals surface area contributed by atoms with Crippen molar-refractivity contribution in [1.82, 2.24) is 0 Å². The number of methoxy groups -OCH3 is 2. The lowest BCUT2D eigenvalue weighted by molar-refractivity contribution is -0.147. The van der Waals surface area contributed by atoms with Gasteiger partial charge in [0.25, 0.3) is 0 Å². The molecule has 0 fully saturated rings. The van der Waals surface area contributed by atoms with Gasteiger partial charge in [-0.2, -0.15) is 0 Å². The molecule has 0 spiro atoms. The highest BCUT2D eigenvalue weighted by Gasteiger charge is 2.13. The molecule has 3 atom stereocenters. The highest BCUT2D eigenvalue weighted by molar-refractivity contribution is 5.69. The predicted octanol–water partition coefficient (Wildman–Crippen LogP) is 8.25.